The number of aryl methyl sites for hydroxylation is 2. The number of rotatable bonds is 1. The SMILES string of the molecule is C1=Cc2ccccc2N(p2oc3cccc4c3c3c(cccc3o2)CCCC4)c2ccccc21. The number of hydrogen-bond donors (Lipinski definition) is 0. The minimum atomic E-state index is -1.50. The Hall–Kier alpha value is -3.68. The van der Waals surface area contributed by atoms with Crippen LogP contribution in [0.15, 0.2) is 93.3 Å². The zero-order valence-electron chi connectivity index (χ0n) is 18.8. The third kappa shape index (κ3) is 3.12. The third-order valence-electron chi connectivity index (χ3n) is 6.91. The summed E-state index contributed by atoms with van der Waals surface area (Å²) in [4.78, 5) is 0. The van der Waals surface area contributed by atoms with Gasteiger partial charge in [0.05, 0.1) is 11.4 Å². The number of hydrogen-bond acceptors (Lipinski definition) is 3. The summed E-state index contributed by atoms with van der Waals surface area (Å²) in [5, 5.41) is 2.43. The first-order valence-corrected chi connectivity index (χ1v) is 13.1. The predicted octanol–water partition coefficient (Wildman–Crippen LogP) is 9.25. The van der Waals surface area contributed by atoms with Gasteiger partial charge in [0, 0.05) is 10.8 Å². The van der Waals surface area contributed by atoms with Crippen LogP contribution in [0.3, 0.4) is 0 Å². The van der Waals surface area contributed by atoms with Crippen LogP contribution in [0, 0.1) is 0 Å². The van der Waals surface area contributed by atoms with Gasteiger partial charge >= 0.3 is 8.16 Å². The van der Waals surface area contributed by atoms with Crippen LogP contribution in [0.2, 0.25) is 0 Å². The fourth-order valence-corrected chi connectivity index (χ4v) is 6.87. The van der Waals surface area contributed by atoms with Crippen LogP contribution in [0.25, 0.3) is 34.1 Å². The Morgan fingerprint density at radius 3 is 1.59 bits per heavy atom. The van der Waals surface area contributed by atoms with E-state index < -0.39 is 8.16 Å². The van der Waals surface area contributed by atoms with E-state index in [1.807, 2.05) is 0 Å². The van der Waals surface area contributed by atoms with E-state index in [2.05, 4.69) is 102 Å². The minimum Gasteiger partial charge on any atom is -0.403 e. The maximum atomic E-state index is 6.86. The maximum absolute atomic E-state index is 6.86. The highest BCUT2D eigenvalue weighted by atomic mass is 31.1. The van der Waals surface area contributed by atoms with Crippen LogP contribution in [0.5, 0.6) is 0 Å². The van der Waals surface area contributed by atoms with E-state index in [0.717, 1.165) is 46.5 Å². The summed E-state index contributed by atoms with van der Waals surface area (Å²) in [5.41, 5.74) is 9.03. The molecule has 7 rings (SSSR count). The maximum Gasteiger partial charge on any atom is 0.346 e. The lowest BCUT2D eigenvalue weighted by Crippen LogP contribution is -2.07. The van der Waals surface area contributed by atoms with E-state index in [1.165, 1.54) is 34.7 Å². The van der Waals surface area contributed by atoms with Gasteiger partial charge in [0.25, 0.3) is 0 Å². The molecule has 0 spiro atoms. The van der Waals surface area contributed by atoms with E-state index in [-0.39, 0.29) is 0 Å². The predicted molar refractivity (Wildman–Crippen MR) is 142 cm³/mol. The Bertz CT molecular complexity index is 1510. The van der Waals surface area contributed by atoms with Crippen LogP contribution in [-0.4, -0.2) is 0 Å². The molecule has 0 fully saturated rings. The molecule has 0 amide bonds. The van der Waals surface area contributed by atoms with Gasteiger partial charge in [0.2, 0.25) is 0 Å². The van der Waals surface area contributed by atoms with E-state index in [9.17, 15) is 0 Å². The summed E-state index contributed by atoms with van der Waals surface area (Å²) in [6.07, 6.45) is 8.88. The molecule has 0 bridgehead atoms. The second kappa shape index (κ2) is 7.97. The largest absolute Gasteiger partial charge is 0.403 e. The molecular formula is C30H24NO2P. The van der Waals surface area contributed by atoms with Crippen molar-refractivity contribution in [2.45, 2.75) is 25.7 Å². The Morgan fingerprint density at radius 2 is 1.06 bits per heavy atom. The monoisotopic (exact) mass is 461 g/mol. The van der Waals surface area contributed by atoms with Gasteiger partial charge in [-0.2, -0.15) is 0 Å². The first-order valence-electron chi connectivity index (χ1n) is 11.9. The molecule has 0 saturated heterocycles. The van der Waals surface area contributed by atoms with Gasteiger partial charge in [-0.15, -0.1) is 0 Å². The molecule has 34 heavy (non-hydrogen) atoms. The van der Waals surface area contributed by atoms with Crippen molar-refractivity contribution in [3.05, 3.63) is 107 Å². The molecule has 0 radical (unpaired) electrons. The van der Waals surface area contributed by atoms with Crippen LogP contribution >= 0.6 is 8.16 Å². The highest BCUT2D eigenvalue weighted by Gasteiger charge is 2.24. The van der Waals surface area contributed by atoms with Gasteiger partial charge in [0.1, 0.15) is 11.2 Å². The van der Waals surface area contributed by atoms with Crippen LogP contribution in [0.1, 0.15) is 35.1 Å². The summed E-state index contributed by atoms with van der Waals surface area (Å²) in [5.74, 6) is 0. The highest BCUT2D eigenvalue weighted by molar-refractivity contribution is 7.40. The number of fused-ring (bicyclic) bond motifs is 2. The molecule has 1 aliphatic carbocycles. The van der Waals surface area contributed by atoms with Crippen molar-refractivity contribution in [3.8, 4) is 0 Å². The molecule has 166 valence electrons. The van der Waals surface area contributed by atoms with Crippen molar-refractivity contribution in [1.82, 2.24) is 0 Å². The van der Waals surface area contributed by atoms with E-state index >= 15 is 0 Å². The van der Waals surface area contributed by atoms with Crippen molar-refractivity contribution < 1.29 is 8.39 Å². The molecule has 4 aromatic carbocycles. The standard InChI is InChI=1S/C30H24NO2P/c1-2-12-24-14-8-18-28-30(24)29-23(11-1)13-7-17-27(29)32-34(33-28)31-25-15-5-3-9-21(25)19-20-22-10-4-6-16-26(22)31/h3-10,13-20H,1-2,11-12H2. The lowest BCUT2D eigenvalue weighted by Gasteiger charge is -2.23. The average molecular weight is 462 g/mol. The number of benzene rings is 4. The third-order valence-corrected chi connectivity index (χ3v) is 8.37. The van der Waals surface area contributed by atoms with Gasteiger partial charge in [-0.3, -0.25) is 0 Å². The summed E-state index contributed by atoms with van der Waals surface area (Å²) < 4.78 is 16.0. The summed E-state index contributed by atoms with van der Waals surface area (Å²) in [6, 6.07) is 29.9. The van der Waals surface area contributed by atoms with Gasteiger partial charge in [-0.05, 0) is 72.2 Å². The summed E-state index contributed by atoms with van der Waals surface area (Å²) in [6.45, 7) is 0. The Kier molecular flexibility index (Phi) is 4.63. The molecule has 0 unspecified atom stereocenters. The van der Waals surface area contributed by atoms with Gasteiger partial charge in [0.15, 0.2) is 0 Å². The number of anilines is 2. The second-order valence-corrected chi connectivity index (χ2v) is 10.2. The van der Waals surface area contributed by atoms with Crippen molar-refractivity contribution >= 4 is 53.6 Å². The average Bonchev–Trinajstić information content (AvgIpc) is 3.13. The van der Waals surface area contributed by atoms with Crippen LogP contribution < -0.4 is 4.67 Å². The number of para-hydroxylation sites is 2. The van der Waals surface area contributed by atoms with Gasteiger partial charge < -0.3 is 8.39 Å². The lowest BCUT2D eigenvalue weighted by molar-refractivity contribution is 0.639. The summed E-state index contributed by atoms with van der Waals surface area (Å²) >= 11 is 0. The molecule has 5 aromatic rings. The van der Waals surface area contributed by atoms with Gasteiger partial charge in [-0.1, -0.05) is 72.8 Å². The van der Waals surface area contributed by atoms with E-state index in [0.29, 0.717) is 0 Å². The molecule has 0 saturated carbocycles. The molecule has 2 heterocycles. The Balaban J connectivity index is 1.62. The molecule has 1 aromatic heterocycles. The number of nitrogens with zero attached hydrogens (tertiary/aromatic N) is 1. The Morgan fingerprint density at radius 1 is 0.559 bits per heavy atom. The molecule has 3 nitrogen and oxygen atoms in total. The lowest BCUT2D eigenvalue weighted by atomic mass is 9.92. The topological polar surface area (TPSA) is 29.5 Å². The van der Waals surface area contributed by atoms with E-state index in [4.69, 9.17) is 8.39 Å². The smallest absolute Gasteiger partial charge is 0.346 e. The molecule has 0 atom stereocenters. The molecule has 1 aliphatic heterocycles. The quantitative estimate of drug-likeness (QED) is 0.244. The van der Waals surface area contributed by atoms with Crippen molar-refractivity contribution in [2.24, 2.45) is 0 Å². The van der Waals surface area contributed by atoms with E-state index in [1.54, 1.807) is 0 Å². The summed E-state index contributed by atoms with van der Waals surface area (Å²) in [7, 11) is -1.50. The fraction of sp³-hybridized carbons (Fsp3) is 0.133. The fourth-order valence-electron chi connectivity index (χ4n) is 5.32. The zero-order valence-corrected chi connectivity index (χ0v) is 19.7. The molecule has 4 heteroatoms. The normalized spacial score (nSPS) is 14.4. The first-order chi connectivity index (χ1) is 16.9. The Labute approximate surface area is 199 Å². The van der Waals surface area contributed by atoms with Crippen LogP contribution in [-0.2, 0) is 12.8 Å². The minimum absolute atomic E-state index is 0.920. The first kappa shape index (κ1) is 19.8. The van der Waals surface area contributed by atoms with Crippen LogP contribution in [0.4, 0.5) is 11.4 Å². The van der Waals surface area contributed by atoms with Crippen molar-refractivity contribution in [3.63, 3.8) is 0 Å². The molecule has 0 N–H and O–H groups in total. The van der Waals surface area contributed by atoms with Gasteiger partial charge in [-0.25, -0.2) is 4.67 Å². The second-order valence-electron chi connectivity index (χ2n) is 8.97. The van der Waals surface area contributed by atoms with Crippen molar-refractivity contribution in [1.29, 1.82) is 0 Å². The van der Waals surface area contributed by atoms with Crippen molar-refractivity contribution in [2.75, 3.05) is 4.67 Å². The zero-order chi connectivity index (χ0) is 22.5. The molecule has 2 aliphatic rings. The molecular weight excluding hydrogens is 437 g/mol. The highest BCUT2D eigenvalue weighted by Crippen LogP contribution is 2.50.